The molecule has 0 spiro atoms. The molecule has 0 radical (unpaired) electrons. The predicted molar refractivity (Wildman–Crippen MR) is 126 cm³/mol. The highest BCUT2D eigenvalue weighted by Gasteiger charge is 2.32. The van der Waals surface area contributed by atoms with Gasteiger partial charge in [-0.3, -0.25) is 4.79 Å². The zero-order valence-corrected chi connectivity index (χ0v) is 20.3. The number of hydrogen-bond acceptors (Lipinski definition) is 8. The molecule has 186 valence electrons. The van der Waals surface area contributed by atoms with Crippen LogP contribution in [0, 0.1) is 0 Å². The third-order valence-electron chi connectivity index (χ3n) is 5.10. The lowest BCUT2D eigenvalue weighted by molar-refractivity contribution is -0.163. The maximum absolute atomic E-state index is 12.7. The first-order valence-corrected chi connectivity index (χ1v) is 11.4. The molecule has 0 unspecified atom stereocenters. The molecule has 0 saturated carbocycles. The summed E-state index contributed by atoms with van der Waals surface area (Å²) in [5.41, 5.74) is -0.251. The molecule has 0 aliphatic heterocycles. The van der Waals surface area contributed by atoms with Crippen LogP contribution < -0.4 is 14.8 Å². The summed E-state index contributed by atoms with van der Waals surface area (Å²) in [6, 6.07) is 9.80. The molecule has 34 heavy (non-hydrogen) atoms. The van der Waals surface area contributed by atoms with Crippen molar-refractivity contribution < 1.29 is 33.6 Å². The zero-order chi connectivity index (χ0) is 25.1. The van der Waals surface area contributed by atoms with E-state index in [0.717, 1.165) is 6.42 Å². The average Bonchev–Trinajstić information content (AvgIpc) is 2.84. The lowest BCUT2D eigenvalue weighted by Crippen LogP contribution is -2.47. The fourth-order valence-electron chi connectivity index (χ4n) is 3.30. The van der Waals surface area contributed by atoms with Gasteiger partial charge < -0.3 is 29.4 Å². The van der Waals surface area contributed by atoms with Crippen LogP contribution in [0.15, 0.2) is 42.6 Å². The number of ether oxygens (including phenoxy) is 4. The number of nitrogens with one attached hydrogen (secondary N) is 1. The number of nitrogens with zero attached hydrogens (tertiary/aromatic N) is 1. The van der Waals surface area contributed by atoms with Crippen molar-refractivity contribution in [1.29, 1.82) is 0 Å². The first-order valence-electron chi connectivity index (χ1n) is 11.4. The van der Waals surface area contributed by atoms with Gasteiger partial charge in [-0.15, -0.1) is 0 Å². The van der Waals surface area contributed by atoms with E-state index in [0.29, 0.717) is 18.8 Å². The van der Waals surface area contributed by atoms with Crippen LogP contribution in [0.1, 0.15) is 51.0 Å². The fraction of sp³-hybridized carbons (Fsp3) is 0.480. The average molecular weight is 475 g/mol. The standard InChI is InChI=1S/C25H34N2O7/c1-6-15-32-23(19(7-2)34-18-11-9-8-10-12-18)17(4)33-25(30)16(3)27-24(29)21-22(28)20(31-5)13-14-26-21/h8-14,16-17,19,23,28H,6-7,15H2,1-5H3,(H,27,29)/t16-,17-,19-,23-/m0/s1. The fourth-order valence-corrected chi connectivity index (χ4v) is 3.30. The minimum atomic E-state index is -0.996. The van der Waals surface area contributed by atoms with E-state index in [1.807, 2.05) is 44.2 Å². The summed E-state index contributed by atoms with van der Waals surface area (Å²) in [6.07, 6.45) is 1.25. The molecule has 2 aromatic rings. The Morgan fingerprint density at radius 1 is 1.12 bits per heavy atom. The molecule has 9 heteroatoms. The molecule has 0 bridgehead atoms. The summed E-state index contributed by atoms with van der Waals surface area (Å²) in [7, 11) is 1.36. The van der Waals surface area contributed by atoms with Gasteiger partial charge in [-0.25, -0.2) is 9.78 Å². The van der Waals surface area contributed by atoms with E-state index >= 15 is 0 Å². The van der Waals surface area contributed by atoms with Gasteiger partial charge in [-0.2, -0.15) is 0 Å². The normalized spacial score (nSPS) is 14.4. The van der Waals surface area contributed by atoms with E-state index in [9.17, 15) is 14.7 Å². The number of benzene rings is 1. The van der Waals surface area contributed by atoms with E-state index in [-0.39, 0.29) is 17.5 Å². The van der Waals surface area contributed by atoms with Crippen LogP contribution in [0.4, 0.5) is 0 Å². The van der Waals surface area contributed by atoms with Gasteiger partial charge in [-0.05, 0) is 38.8 Å². The molecule has 2 rings (SSSR count). The zero-order valence-electron chi connectivity index (χ0n) is 20.3. The topological polar surface area (TPSA) is 116 Å². The Morgan fingerprint density at radius 3 is 2.44 bits per heavy atom. The largest absolute Gasteiger partial charge is 0.503 e. The summed E-state index contributed by atoms with van der Waals surface area (Å²) in [4.78, 5) is 29.1. The number of aromatic hydroxyl groups is 1. The minimum absolute atomic E-state index is 0.101. The molecule has 0 saturated heterocycles. The molecule has 0 aliphatic carbocycles. The number of amides is 1. The Balaban J connectivity index is 2.06. The number of carbonyl (C=O) groups is 2. The Labute approximate surface area is 200 Å². The van der Waals surface area contributed by atoms with Crippen LogP contribution in [-0.4, -0.2) is 60.0 Å². The molecule has 2 N–H and O–H groups in total. The number of pyridine rings is 1. The number of para-hydroxylation sites is 1. The second-order valence-electron chi connectivity index (χ2n) is 7.76. The molecule has 0 fully saturated rings. The molecule has 0 aliphatic rings. The minimum Gasteiger partial charge on any atom is -0.503 e. The van der Waals surface area contributed by atoms with E-state index in [1.165, 1.54) is 26.3 Å². The number of hydrogen-bond donors (Lipinski definition) is 2. The van der Waals surface area contributed by atoms with Crippen LogP contribution in [0.3, 0.4) is 0 Å². The SMILES string of the molecule is CCCO[C@@H]([C@H](C)OC(=O)[C@H](C)NC(=O)c1nccc(OC)c1O)[C@H](CC)Oc1ccccc1. The second kappa shape index (κ2) is 13.4. The van der Waals surface area contributed by atoms with Crippen LogP contribution in [-0.2, 0) is 14.3 Å². The van der Waals surface area contributed by atoms with E-state index in [1.54, 1.807) is 6.92 Å². The van der Waals surface area contributed by atoms with Crippen molar-refractivity contribution in [1.82, 2.24) is 10.3 Å². The summed E-state index contributed by atoms with van der Waals surface area (Å²) >= 11 is 0. The number of esters is 1. The van der Waals surface area contributed by atoms with E-state index in [4.69, 9.17) is 18.9 Å². The van der Waals surface area contributed by atoms with Gasteiger partial charge in [0.15, 0.2) is 17.2 Å². The highest BCUT2D eigenvalue weighted by molar-refractivity contribution is 5.97. The van der Waals surface area contributed by atoms with E-state index in [2.05, 4.69) is 10.3 Å². The van der Waals surface area contributed by atoms with Crippen molar-refractivity contribution in [2.45, 2.75) is 64.9 Å². The highest BCUT2D eigenvalue weighted by Crippen LogP contribution is 2.27. The molecule has 9 nitrogen and oxygen atoms in total. The van der Waals surface area contributed by atoms with Gasteiger partial charge in [0.2, 0.25) is 0 Å². The van der Waals surface area contributed by atoms with Crippen molar-refractivity contribution in [2.24, 2.45) is 0 Å². The summed E-state index contributed by atoms with van der Waals surface area (Å²) in [5, 5.41) is 12.6. The Hall–Kier alpha value is -3.33. The quantitative estimate of drug-likeness (QED) is 0.424. The third-order valence-corrected chi connectivity index (χ3v) is 5.10. The van der Waals surface area contributed by atoms with E-state index < -0.39 is 35.9 Å². The van der Waals surface area contributed by atoms with Crippen LogP contribution in [0.5, 0.6) is 17.2 Å². The van der Waals surface area contributed by atoms with Crippen molar-refractivity contribution >= 4 is 11.9 Å². The van der Waals surface area contributed by atoms with Gasteiger partial charge >= 0.3 is 5.97 Å². The van der Waals surface area contributed by atoms with Gasteiger partial charge in [0, 0.05) is 18.9 Å². The Kier molecular flexibility index (Phi) is 10.6. The first-order chi connectivity index (χ1) is 16.3. The van der Waals surface area contributed by atoms with Crippen LogP contribution in [0.2, 0.25) is 0 Å². The molecular formula is C25H34N2O7. The maximum atomic E-state index is 12.7. The van der Waals surface area contributed by atoms with Crippen molar-refractivity contribution in [3.63, 3.8) is 0 Å². The highest BCUT2D eigenvalue weighted by atomic mass is 16.6. The summed E-state index contributed by atoms with van der Waals surface area (Å²) < 4.78 is 22.7. The van der Waals surface area contributed by atoms with Gasteiger partial charge in [0.25, 0.3) is 5.91 Å². The van der Waals surface area contributed by atoms with Crippen molar-refractivity contribution in [3.8, 4) is 17.2 Å². The van der Waals surface area contributed by atoms with Gasteiger partial charge in [-0.1, -0.05) is 32.0 Å². The number of carbonyl (C=O) groups excluding carboxylic acids is 2. The number of rotatable bonds is 13. The third kappa shape index (κ3) is 7.34. The van der Waals surface area contributed by atoms with Crippen LogP contribution in [0.25, 0.3) is 0 Å². The maximum Gasteiger partial charge on any atom is 0.328 e. The Morgan fingerprint density at radius 2 is 1.82 bits per heavy atom. The predicted octanol–water partition coefficient (Wildman–Crippen LogP) is 3.50. The lowest BCUT2D eigenvalue weighted by Gasteiger charge is -2.32. The van der Waals surface area contributed by atoms with Crippen LogP contribution >= 0.6 is 0 Å². The molecule has 4 atom stereocenters. The van der Waals surface area contributed by atoms with Gasteiger partial charge in [0.1, 0.15) is 30.1 Å². The first kappa shape index (κ1) is 26.9. The molecular weight excluding hydrogens is 440 g/mol. The number of methoxy groups -OCH3 is 1. The molecule has 1 aromatic heterocycles. The lowest BCUT2D eigenvalue weighted by atomic mass is 10.1. The Bertz CT molecular complexity index is 923. The molecule has 1 heterocycles. The number of aromatic nitrogens is 1. The summed E-state index contributed by atoms with van der Waals surface area (Å²) in [6.45, 7) is 7.67. The summed E-state index contributed by atoms with van der Waals surface area (Å²) in [5.74, 6) is -0.990. The van der Waals surface area contributed by atoms with Gasteiger partial charge in [0.05, 0.1) is 7.11 Å². The smallest absolute Gasteiger partial charge is 0.328 e. The monoisotopic (exact) mass is 474 g/mol. The second-order valence-corrected chi connectivity index (χ2v) is 7.76. The van der Waals surface area contributed by atoms with Crippen molar-refractivity contribution in [2.75, 3.05) is 13.7 Å². The molecule has 1 aromatic carbocycles. The molecule has 1 amide bonds. The van der Waals surface area contributed by atoms with Crippen molar-refractivity contribution in [3.05, 3.63) is 48.3 Å².